The summed E-state index contributed by atoms with van der Waals surface area (Å²) in [5.41, 5.74) is 12.0. The van der Waals surface area contributed by atoms with Crippen LogP contribution in [-0.4, -0.2) is 35.8 Å². The standard InChI is InChI=1S/C13H12N8O2/c1-21-6-9(23-13(15)22)10(20-21)11-16-3-2-8(19-11)7-4-17-12(14)18-5-7/h2-6H,1H3,(H2,15,22)(H2,14,17,18). The first-order valence-corrected chi connectivity index (χ1v) is 6.45. The van der Waals surface area contributed by atoms with Crippen LogP contribution in [0.4, 0.5) is 10.7 Å². The van der Waals surface area contributed by atoms with Crippen molar-refractivity contribution >= 4 is 12.0 Å². The van der Waals surface area contributed by atoms with Gasteiger partial charge >= 0.3 is 6.09 Å². The van der Waals surface area contributed by atoms with E-state index in [0.29, 0.717) is 17.0 Å². The van der Waals surface area contributed by atoms with Gasteiger partial charge < -0.3 is 16.2 Å². The van der Waals surface area contributed by atoms with E-state index in [1.165, 1.54) is 10.9 Å². The van der Waals surface area contributed by atoms with Gasteiger partial charge in [0.1, 0.15) is 0 Å². The molecule has 3 rings (SSSR count). The molecule has 0 saturated carbocycles. The molecule has 0 saturated heterocycles. The molecule has 0 aliphatic carbocycles. The Morgan fingerprint density at radius 1 is 1.26 bits per heavy atom. The fourth-order valence-corrected chi connectivity index (χ4v) is 1.91. The highest BCUT2D eigenvalue weighted by Crippen LogP contribution is 2.27. The van der Waals surface area contributed by atoms with Crippen LogP contribution in [0, 0.1) is 0 Å². The molecule has 0 aliphatic rings. The van der Waals surface area contributed by atoms with Crippen LogP contribution in [-0.2, 0) is 7.05 Å². The number of rotatable bonds is 3. The molecule has 23 heavy (non-hydrogen) atoms. The Kier molecular flexibility index (Phi) is 3.55. The van der Waals surface area contributed by atoms with Gasteiger partial charge in [-0.05, 0) is 6.07 Å². The molecule has 0 aliphatic heterocycles. The number of hydrogen-bond donors (Lipinski definition) is 2. The number of nitrogens with two attached hydrogens (primary N) is 2. The highest BCUT2D eigenvalue weighted by atomic mass is 16.5. The van der Waals surface area contributed by atoms with Crippen LogP contribution < -0.4 is 16.2 Å². The molecule has 116 valence electrons. The monoisotopic (exact) mass is 312 g/mol. The summed E-state index contributed by atoms with van der Waals surface area (Å²) in [7, 11) is 1.68. The first-order chi connectivity index (χ1) is 11.0. The lowest BCUT2D eigenvalue weighted by molar-refractivity contribution is 0.211. The molecule has 3 aromatic heterocycles. The summed E-state index contributed by atoms with van der Waals surface area (Å²) in [5.74, 6) is 0.617. The number of hydrogen-bond acceptors (Lipinski definition) is 8. The summed E-state index contributed by atoms with van der Waals surface area (Å²) in [6.07, 6.45) is 5.21. The van der Waals surface area contributed by atoms with Crippen LogP contribution in [0.3, 0.4) is 0 Å². The molecule has 0 aromatic carbocycles. The summed E-state index contributed by atoms with van der Waals surface area (Å²) >= 11 is 0. The number of carbonyl (C=O) groups is 1. The van der Waals surface area contributed by atoms with Crippen LogP contribution >= 0.6 is 0 Å². The Hall–Kier alpha value is -3.56. The number of aromatic nitrogens is 6. The minimum Gasteiger partial charge on any atom is -0.406 e. The predicted molar refractivity (Wildman–Crippen MR) is 79.9 cm³/mol. The van der Waals surface area contributed by atoms with Gasteiger partial charge in [-0.1, -0.05) is 0 Å². The Balaban J connectivity index is 2.03. The molecule has 0 fully saturated rings. The Morgan fingerprint density at radius 2 is 2.00 bits per heavy atom. The first-order valence-electron chi connectivity index (χ1n) is 6.45. The molecule has 10 nitrogen and oxygen atoms in total. The molecule has 10 heteroatoms. The molecule has 0 atom stereocenters. The average Bonchev–Trinajstić information content (AvgIpc) is 2.88. The topological polar surface area (TPSA) is 148 Å². The highest BCUT2D eigenvalue weighted by molar-refractivity contribution is 5.72. The second kappa shape index (κ2) is 5.67. The van der Waals surface area contributed by atoms with Crippen LogP contribution in [0.2, 0.25) is 0 Å². The van der Waals surface area contributed by atoms with E-state index in [0.717, 1.165) is 0 Å². The van der Waals surface area contributed by atoms with Gasteiger partial charge in [0.25, 0.3) is 0 Å². The zero-order valence-corrected chi connectivity index (χ0v) is 12.0. The number of nitrogens with zero attached hydrogens (tertiary/aromatic N) is 6. The van der Waals surface area contributed by atoms with E-state index in [1.54, 1.807) is 31.7 Å². The second-order valence-electron chi connectivity index (χ2n) is 4.53. The molecule has 4 N–H and O–H groups in total. The molecule has 0 radical (unpaired) electrons. The van der Waals surface area contributed by atoms with E-state index in [4.69, 9.17) is 16.2 Å². The number of amides is 1. The minimum atomic E-state index is -0.942. The smallest absolute Gasteiger partial charge is 0.406 e. The quantitative estimate of drug-likeness (QED) is 0.704. The maximum Gasteiger partial charge on any atom is 0.410 e. The lowest BCUT2D eigenvalue weighted by Crippen LogP contribution is -2.16. The minimum absolute atomic E-state index is 0.171. The molecular formula is C13H12N8O2. The number of carbonyl (C=O) groups excluding carboxylic acids is 1. The molecule has 3 heterocycles. The van der Waals surface area contributed by atoms with Gasteiger partial charge in [-0.25, -0.2) is 24.7 Å². The zero-order chi connectivity index (χ0) is 16.4. The van der Waals surface area contributed by atoms with Gasteiger partial charge in [-0.15, -0.1) is 0 Å². The van der Waals surface area contributed by atoms with Gasteiger partial charge in [0.05, 0.1) is 11.9 Å². The molecular weight excluding hydrogens is 300 g/mol. The predicted octanol–water partition coefficient (Wildman–Crippen LogP) is 0.374. The summed E-state index contributed by atoms with van der Waals surface area (Å²) < 4.78 is 6.38. The van der Waals surface area contributed by atoms with Crippen LogP contribution in [0.5, 0.6) is 5.75 Å². The van der Waals surface area contributed by atoms with Crippen molar-refractivity contribution in [1.29, 1.82) is 0 Å². The van der Waals surface area contributed by atoms with Crippen LogP contribution in [0.25, 0.3) is 22.8 Å². The average molecular weight is 312 g/mol. The second-order valence-corrected chi connectivity index (χ2v) is 4.53. The zero-order valence-electron chi connectivity index (χ0n) is 12.0. The van der Waals surface area contributed by atoms with Crippen molar-refractivity contribution in [3.63, 3.8) is 0 Å². The highest BCUT2D eigenvalue weighted by Gasteiger charge is 2.17. The third-order valence-corrected chi connectivity index (χ3v) is 2.84. The van der Waals surface area contributed by atoms with E-state index in [1.807, 2.05) is 0 Å². The summed E-state index contributed by atoms with van der Waals surface area (Å²) in [6.45, 7) is 0. The molecule has 0 bridgehead atoms. The summed E-state index contributed by atoms with van der Waals surface area (Å²) in [5, 5.41) is 4.19. The lowest BCUT2D eigenvalue weighted by Gasteiger charge is -2.03. The maximum absolute atomic E-state index is 11.0. The van der Waals surface area contributed by atoms with E-state index >= 15 is 0 Å². The van der Waals surface area contributed by atoms with E-state index in [2.05, 4.69) is 25.0 Å². The summed E-state index contributed by atoms with van der Waals surface area (Å²) in [4.78, 5) is 27.3. The number of anilines is 1. The fraction of sp³-hybridized carbons (Fsp3) is 0.0769. The van der Waals surface area contributed by atoms with Crippen molar-refractivity contribution in [3.05, 3.63) is 30.9 Å². The molecule has 0 unspecified atom stereocenters. The Bertz CT molecular complexity index is 859. The Labute approximate surface area is 130 Å². The van der Waals surface area contributed by atoms with Crippen LogP contribution in [0.15, 0.2) is 30.9 Å². The maximum atomic E-state index is 11.0. The Morgan fingerprint density at radius 3 is 2.70 bits per heavy atom. The fourth-order valence-electron chi connectivity index (χ4n) is 1.91. The van der Waals surface area contributed by atoms with E-state index < -0.39 is 6.09 Å². The first kappa shape index (κ1) is 14.4. The third kappa shape index (κ3) is 3.05. The van der Waals surface area contributed by atoms with Gasteiger partial charge in [0.2, 0.25) is 5.95 Å². The molecule has 3 aromatic rings. The van der Waals surface area contributed by atoms with E-state index in [9.17, 15) is 4.79 Å². The van der Waals surface area contributed by atoms with Gasteiger partial charge in [-0.2, -0.15) is 5.10 Å². The van der Waals surface area contributed by atoms with Gasteiger partial charge in [0.15, 0.2) is 17.3 Å². The van der Waals surface area contributed by atoms with Crippen molar-refractivity contribution in [2.75, 3.05) is 5.73 Å². The third-order valence-electron chi connectivity index (χ3n) is 2.84. The number of ether oxygens (including phenoxy) is 1. The van der Waals surface area contributed by atoms with Crippen molar-refractivity contribution < 1.29 is 9.53 Å². The lowest BCUT2D eigenvalue weighted by atomic mass is 10.2. The van der Waals surface area contributed by atoms with Gasteiger partial charge in [-0.3, -0.25) is 4.68 Å². The van der Waals surface area contributed by atoms with Crippen LogP contribution in [0.1, 0.15) is 0 Å². The van der Waals surface area contributed by atoms with Crippen molar-refractivity contribution in [1.82, 2.24) is 29.7 Å². The van der Waals surface area contributed by atoms with E-state index in [-0.39, 0.29) is 17.5 Å². The number of nitrogen functional groups attached to an aromatic ring is 1. The number of aryl methyl sites for hydroxylation is 1. The number of primary amides is 1. The van der Waals surface area contributed by atoms with Crippen molar-refractivity contribution in [3.8, 4) is 28.5 Å². The van der Waals surface area contributed by atoms with Crippen molar-refractivity contribution in [2.24, 2.45) is 12.8 Å². The summed E-state index contributed by atoms with van der Waals surface area (Å²) in [6, 6.07) is 1.69. The molecule has 0 spiro atoms. The SMILES string of the molecule is Cn1cc(OC(N)=O)c(-c2nccc(-c3cnc(N)nc3)n2)n1. The molecule has 1 amide bonds. The van der Waals surface area contributed by atoms with Crippen molar-refractivity contribution in [2.45, 2.75) is 0 Å². The normalized spacial score (nSPS) is 10.5. The largest absolute Gasteiger partial charge is 0.410 e. The van der Waals surface area contributed by atoms with Gasteiger partial charge in [0, 0.05) is 31.2 Å².